The molecule has 0 aromatic carbocycles. The highest BCUT2D eigenvalue weighted by atomic mass is 16.4. The van der Waals surface area contributed by atoms with Crippen LogP contribution < -0.4 is 11.1 Å². The van der Waals surface area contributed by atoms with E-state index in [4.69, 9.17) is 10.8 Å². The zero-order valence-corrected chi connectivity index (χ0v) is 8.10. The Kier molecular flexibility index (Phi) is 3.22. The largest absolute Gasteiger partial charge is 0.477 e. The summed E-state index contributed by atoms with van der Waals surface area (Å²) in [6.07, 6.45) is 1.35. The fraction of sp³-hybridized carbons (Fsp3) is 0.222. The highest BCUT2D eigenvalue weighted by Gasteiger charge is 2.10. The molecule has 1 rings (SSSR count). The van der Waals surface area contributed by atoms with Gasteiger partial charge >= 0.3 is 5.97 Å². The molecule has 0 aliphatic carbocycles. The van der Waals surface area contributed by atoms with Gasteiger partial charge in [-0.1, -0.05) is 0 Å². The number of nitrogens with zero attached hydrogens (tertiary/aromatic N) is 1. The van der Waals surface area contributed by atoms with E-state index in [0.29, 0.717) is 5.69 Å². The van der Waals surface area contributed by atoms with Gasteiger partial charge in [-0.3, -0.25) is 4.79 Å². The predicted molar refractivity (Wildman–Crippen MR) is 53.5 cm³/mol. The molecule has 80 valence electrons. The van der Waals surface area contributed by atoms with Crippen LogP contribution >= 0.6 is 0 Å². The Bertz CT molecular complexity index is 392. The van der Waals surface area contributed by atoms with Crippen LogP contribution in [0.15, 0.2) is 18.3 Å². The minimum atomic E-state index is -1.12. The highest BCUT2D eigenvalue weighted by molar-refractivity contribution is 5.87. The van der Waals surface area contributed by atoms with Gasteiger partial charge in [-0.25, -0.2) is 9.78 Å². The van der Waals surface area contributed by atoms with E-state index < -0.39 is 17.9 Å². The average molecular weight is 209 g/mol. The lowest BCUT2D eigenvalue weighted by molar-refractivity contribution is -0.118. The number of aromatic carboxylic acids is 1. The fourth-order valence-corrected chi connectivity index (χ4v) is 0.958. The van der Waals surface area contributed by atoms with Crippen molar-refractivity contribution in [2.24, 2.45) is 5.73 Å². The summed E-state index contributed by atoms with van der Waals surface area (Å²) in [5.74, 6) is -1.63. The van der Waals surface area contributed by atoms with Crippen molar-refractivity contribution in [1.82, 2.24) is 4.98 Å². The maximum atomic E-state index is 10.8. The molecule has 1 atom stereocenters. The third kappa shape index (κ3) is 2.94. The Morgan fingerprint density at radius 1 is 1.60 bits per heavy atom. The first-order chi connectivity index (χ1) is 7.00. The first-order valence-electron chi connectivity index (χ1n) is 4.26. The van der Waals surface area contributed by atoms with Crippen molar-refractivity contribution in [3.05, 3.63) is 24.0 Å². The van der Waals surface area contributed by atoms with Crippen LogP contribution in [0, 0.1) is 0 Å². The third-order valence-electron chi connectivity index (χ3n) is 1.79. The summed E-state index contributed by atoms with van der Waals surface area (Å²) in [4.78, 5) is 25.0. The maximum absolute atomic E-state index is 10.8. The second-order valence-electron chi connectivity index (χ2n) is 3.00. The van der Waals surface area contributed by atoms with Gasteiger partial charge in [-0.05, 0) is 19.1 Å². The number of primary amides is 1. The summed E-state index contributed by atoms with van der Waals surface area (Å²) in [6, 6.07) is 2.34. The number of aromatic nitrogens is 1. The van der Waals surface area contributed by atoms with Crippen LogP contribution in [0.4, 0.5) is 5.69 Å². The van der Waals surface area contributed by atoms with E-state index in [1.807, 2.05) is 0 Å². The van der Waals surface area contributed by atoms with Crippen molar-refractivity contribution in [1.29, 1.82) is 0 Å². The summed E-state index contributed by atoms with van der Waals surface area (Å²) < 4.78 is 0. The van der Waals surface area contributed by atoms with Crippen molar-refractivity contribution < 1.29 is 14.7 Å². The molecule has 6 nitrogen and oxygen atoms in total. The van der Waals surface area contributed by atoms with Crippen LogP contribution in [0.2, 0.25) is 0 Å². The van der Waals surface area contributed by atoms with E-state index in [-0.39, 0.29) is 5.69 Å². The number of hydrogen-bond acceptors (Lipinski definition) is 4. The number of rotatable bonds is 4. The molecule has 1 amide bonds. The Balaban J connectivity index is 2.82. The van der Waals surface area contributed by atoms with Crippen molar-refractivity contribution in [3.8, 4) is 0 Å². The number of carbonyl (C=O) groups excluding carboxylic acids is 1. The number of carbonyl (C=O) groups is 2. The van der Waals surface area contributed by atoms with E-state index in [0.717, 1.165) is 0 Å². The summed E-state index contributed by atoms with van der Waals surface area (Å²) >= 11 is 0. The van der Waals surface area contributed by atoms with Gasteiger partial charge in [0.15, 0.2) is 0 Å². The van der Waals surface area contributed by atoms with E-state index in [1.165, 1.54) is 12.3 Å². The first kappa shape index (κ1) is 11.0. The van der Waals surface area contributed by atoms with Crippen LogP contribution in [0.25, 0.3) is 0 Å². The minimum Gasteiger partial charge on any atom is -0.477 e. The molecule has 0 saturated heterocycles. The maximum Gasteiger partial charge on any atom is 0.354 e. The number of amides is 1. The molecule has 1 unspecified atom stereocenters. The van der Waals surface area contributed by atoms with Crippen molar-refractivity contribution >= 4 is 17.6 Å². The number of hydrogen-bond donors (Lipinski definition) is 3. The van der Waals surface area contributed by atoms with Gasteiger partial charge in [0.25, 0.3) is 0 Å². The molecular weight excluding hydrogens is 198 g/mol. The molecular formula is C9H11N3O3. The van der Waals surface area contributed by atoms with Crippen LogP contribution in [-0.2, 0) is 4.79 Å². The van der Waals surface area contributed by atoms with Crippen molar-refractivity contribution in [2.75, 3.05) is 5.32 Å². The molecule has 1 heterocycles. The SMILES string of the molecule is CC(Nc1ccnc(C(=O)O)c1)C(N)=O. The standard InChI is InChI=1S/C9H11N3O3/c1-5(8(10)13)12-6-2-3-11-7(4-6)9(14)15/h2-5H,1H3,(H2,10,13)(H,11,12)(H,14,15). The molecule has 4 N–H and O–H groups in total. The van der Waals surface area contributed by atoms with E-state index >= 15 is 0 Å². The molecule has 0 saturated carbocycles. The quantitative estimate of drug-likeness (QED) is 0.650. The average Bonchev–Trinajstić information content (AvgIpc) is 2.18. The van der Waals surface area contributed by atoms with Crippen LogP contribution in [0.5, 0.6) is 0 Å². The molecule has 0 fully saturated rings. The fourth-order valence-electron chi connectivity index (χ4n) is 0.958. The summed E-state index contributed by atoms with van der Waals surface area (Å²) in [5.41, 5.74) is 5.46. The summed E-state index contributed by atoms with van der Waals surface area (Å²) in [6.45, 7) is 1.59. The Morgan fingerprint density at radius 2 is 2.27 bits per heavy atom. The number of carboxylic acids is 1. The minimum absolute atomic E-state index is 0.0864. The summed E-state index contributed by atoms with van der Waals surface area (Å²) in [7, 11) is 0. The number of anilines is 1. The lowest BCUT2D eigenvalue weighted by atomic mass is 10.2. The number of carboxylic acid groups (broad SMARTS) is 1. The molecule has 0 aliphatic heterocycles. The van der Waals surface area contributed by atoms with Gasteiger partial charge in [0, 0.05) is 11.9 Å². The topological polar surface area (TPSA) is 105 Å². The van der Waals surface area contributed by atoms with E-state index in [2.05, 4.69) is 10.3 Å². The van der Waals surface area contributed by atoms with Gasteiger partial charge < -0.3 is 16.2 Å². The number of nitrogens with one attached hydrogen (secondary N) is 1. The van der Waals surface area contributed by atoms with Gasteiger partial charge in [0.05, 0.1) is 0 Å². The molecule has 0 radical (unpaired) electrons. The van der Waals surface area contributed by atoms with E-state index in [1.54, 1.807) is 13.0 Å². The zero-order valence-electron chi connectivity index (χ0n) is 8.10. The number of nitrogens with two attached hydrogens (primary N) is 1. The second-order valence-corrected chi connectivity index (χ2v) is 3.00. The number of pyridine rings is 1. The third-order valence-corrected chi connectivity index (χ3v) is 1.79. The monoisotopic (exact) mass is 209 g/mol. The molecule has 15 heavy (non-hydrogen) atoms. The van der Waals surface area contributed by atoms with Gasteiger partial charge in [-0.2, -0.15) is 0 Å². The zero-order chi connectivity index (χ0) is 11.4. The first-order valence-corrected chi connectivity index (χ1v) is 4.26. The molecule has 1 aromatic rings. The highest BCUT2D eigenvalue weighted by Crippen LogP contribution is 2.09. The smallest absolute Gasteiger partial charge is 0.354 e. The van der Waals surface area contributed by atoms with Gasteiger partial charge in [0.1, 0.15) is 11.7 Å². The molecule has 0 aliphatic rings. The summed E-state index contributed by atoms with van der Waals surface area (Å²) in [5, 5.41) is 11.4. The van der Waals surface area contributed by atoms with E-state index in [9.17, 15) is 9.59 Å². The van der Waals surface area contributed by atoms with Crippen LogP contribution in [-0.4, -0.2) is 28.0 Å². The molecule has 6 heteroatoms. The second kappa shape index (κ2) is 4.41. The normalized spacial score (nSPS) is 11.8. The lowest BCUT2D eigenvalue weighted by Gasteiger charge is -2.11. The Labute approximate surface area is 86.1 Å². The van der Waals surface area contributed by atoms with Gasteiger partial charge in [-0.15, -0.1) is 0 Å². The molecule has 1 aromatic heterocycles. The van der Waals surface area contributed by atoms with Crippen LogP contribution in [0.3, 0.4) is 0 Å². The molecule has 0 bridgehead atoms. The van der Waals surface area contributed by atoms with Gasteiger partial charge in [0.2, 0.25) is 5.91 Å². The van der Waals surface area contributed by atoms with Crippen molar-refractivity contribution in [2.45, 2.75) is 13.0 Å². The lowest BCUT2D eigenvalue weighted by Crippen LogP contribution is -2.32. The van der Waals surface area contributed by atoms with Crippen molar-refractivity contribution in [3.63, 3.8) is 0 Å². The molecule has 0 spiro atoms. The Hall–Kier alpha value is -2.11. The predicted octanol–water partition coefficient (Wildman–Crippen LogP) is 0.0655. The van der Waals surface area contributed by atoms with Crippen LogP contribution in [0.1, 0.15) is 17.4 Å². The Morgan fingerprint density at radius 3 is 2.80 bits per heavy atom.